The maximum absolute atomic E-state index is 9.50. The number of hydrogen-bond acceptors (Lipinski definition) is 4. The largest absolute Gasteiger partial charge is 0.371 e. The molecule has 1 aromatic carbocycles. The van der Waals surface area contributed by atoms with Crippen LogP contribution < -0.4 is 5.32 Å². The van der Waals surface area contributed by atoms with E-state index in [4.69, 9.17) is 4.98 Å². The molecule has 0 unspecified atom stereocenters. The van der Waals surface area contributed by atoms with E-state index in [0.717, 1.165) is 46.4 Å². The van der Waals surface area contributed by atoms with E-state index in [9.17, 15) is 5.26 Å². The van der Waals surface area contributed by atoms with Gasteiger partial charge in [0.2, 0.25) is 0 Å². The van der Waals surface area contributed by atoms with Crippen molar-refractivity contribution in [3.63, 3.8) is 0 Å². The quantitative estimate of drug-likeness (QED) is 0.653. The molecule has 5 rings (SSSR count). The summed E-state index contributed by atoms with van der Waals surface area (Å²) in [6.07, 6.45) is 6.77. The number of benzene rings is 1. The maximum atomic E-state index is 9.50. The number of aromatic nitrogens is 2. The Morgan fingerprint density at radius 3 is 2.63 bits per heavy atom. The Morgan fingerprint density at radius 1 is 1.10 bits per heavy atom. The molecule has 2 aliphatic heterocycles. The third-order valence-electron chi connectivity index (χ3n) is 6.38. The second-order valence-electron chi connectivity index (χ2n) is 8.30. The van der Waals surface area contributed by atoms with E-state index in [1.165, 1.54) is 43.5 Å². The summed E-state index contributed by atoms with van der Waals surface area (Å²) in [6, 6.07) is 13.4. The summed E-state index contributed by atoms with van der Waals surface area (Å²) in [4.78, 5) is 10.7. The number of nitrogens with one attached hydrogen (secondary N) is 2. The third-order valence-corrected chi connectivity index (χ3v) is 6.38. The fraction of sp³-hybridized carbons (Fsp3) is 0.360. The molecule has 0 radical (unpaired) electrons. The SMILES string of the molecule is CCC1=C(C#N)NCc2[nH]c3ncc(-c4ccc(CN5CCCCC5)cc4)cc3c21. The van der Waals surface area contributed by atoms with E-state index >= 15 is 0 Å². The molecule has 1 saturated heterocycles. The van der Waals surface area contributed by atoms with Crippen molar-refractivity contribution in [3.8, 4) is 17.2 Å². The Morgan fingerprint density at radius 2 is 1.90 bits per heavy atom. The number of allylic oxidation sites excluding steroid dienone is 2. The number of likely N-dealkylation sites (tertiary alicyclic amines) is 1. The summed E-state index contributed by atoms with van der Waals surface area (Å²) in [5.41, 5.74) is 8.56. The lowest BCUT2D eigenvalue weighted by Crippen LogP contribution is -2.28. The van der Waals surface area contributed by atoms with Gasteiger partial charge >= 0.3 is 0 Å². The number of pyridine rings is 1. The van der Waals surface area contributed by atoms with E-state index in [0.29, 0.717) is 12.2 Å². The van der Waals surface area contributed by atoms with Crippen molar-refractivity contribution in [3.05, 3.63) is 59.0 Å². The number of fused-ring (bicyclic) bond motifs is 3. The number of hydrogen-bond donors (Lipinski definition) is 2. The van der Waals surface area contributed by atoms with Gasteiger partial charge in [0.15, 0.2) is 0 Å². The van der Waals surface area contributed by atoms with E-state index in [-0.39, 0.29) is 0 Å². The van der Waals surface area contributed by atoms with Crippen LogP contribution in [0.3, 0.4) is 0 Å². The second kappa shape index (κ2) is 7.97. The summed E-state index contributed by atoms with van der Waals surface area (Å²) in [5.74, 6) is 0. The van der Waals surface area contributed by atoms with Crippen LogP contribution in [0.5, 0.6) is 0 Å². The van der Waals surface area contributed by atoms with Crippen LogP contribution in [0.25, 0.3) is 27.7 Å². The van der Waals surface area contributed by atoms with Crippen LogP contribution in [0.2, 0.25) is 0 Å². The molecule has 3 aromatic rings. The first kappa shape index (κ1) is 18.9. The molecule has 2 aromatic heterocycles. The zero-order valence-corrected chi connectivity index (χ0v) is 17.5. The first-order valence-corrected chi connectivity index (χ1v) is 11.0. The Balaban J connectivity index is 1.47. The molecule has 152 valence electrons. The molecule has 2 N–H and O–H groups in total. The van der Waals surface area contributed by atoms with Crippen LogP contribution in [0.4, 0.5) is 0 Å². The Hall–Kier alpha value is -3.10. The summed E-state index contributed by atoms with van der Waals surface area (Å²) in [6.45, 7) is 6.21. The fourth-order valence-electron chi connectivity index (χ4n) is 4.81. The van der Waals surface area contributed by atoms with Crippen LogP contribution >= 0.6 is 0 Å². The molecular weight excluding hydrogens is 370 g/mol. The van der Waals surface area contributed by atoms with E-state index in [1.807, 2.05) is 6.20 Å². The summed E-state index contributed by atoms with van der Waals surface area (Å²) < 4.78 is 0. The smallest absolute Gasteiger partial charge is 0.138 e. The zero-order valence-electron chi connectivity index (χ0n) is 17.5. The summed E-state index contributed by atoms with van der Waals surface area (Å²) in [7, 11) is 0. The van der Waals surface area contributed by atoms with E-state index < -0.39 is 0 Å². The van der Waals surface area contributed by atoms with Crippen LogP contribution in [0, 0.1) is 11.3 Å². The lowest BCUT2D eigenvalue weighted by molar-refractivity contribution is 0.221. The molecule has 5 nitrogen and oxygen atoms in total. The van der Waals surface area contributed by atoms with Crippen molar-refractivity contribution in [2.75, 3.05) is 13.1 Å². The first-order chi connectivity index (χ1) is 14.8. The number of nitrogens with zero attached hydrogens (tertiary/aromatic N) is 3. The first-order valence-electron chi connectivity index (χ1n) is 11.0. The van der Waals surface area contributed by atoms with Crippen molar-refractivity contribution < 1.29 is 0 Å². The van der Waals surface area contributed by atoms with Crippen LogP contribution in [-0.4, -0.2) is 28.0 Å². The standard InChI is InChI=1S/C25H27N5/c1-2-20-22(13-26)27-15-23-24(20)21-12-19(14-28-25(21)29-23)18-8-6-17(7-9-18)16-30-10-4-3-5-11-30/h6-9,12,14,27H,2-5,10-11,15-16H2,1H3,(H,28,29). The predicted octanol–water partition coefficient (Wildman–Crippen LogP) is 4.96. The Labute approximate surface area is 177 Å². The van der Waals surface area contributed by atoms with Gasteiger partial charge in [-0.15, -0.1) is 0 Å². The normalized spacial score (nSPS) is 16.9. The van der Waals surface area contributed by atoms with Gasteiger partial charge in [0.05, 0.1) is 6.54 Å². The summed E-state index contributed by atoms with van der Waals surface area (Å²) in [5, 5.41) is 13.8. The molecule has 0 bridgehead atoms. The minimum Gasteiger partial charge on any atom is -0.371 e. The van der Waals surface area contributed by atoms with Gasteiger partial charge < -0.3 is 10.3 Å². The Bertz CT molecular complexity index is 1140. The highest BCUT2D eigenvalue weighted by Crippen LogP contribution is 2.36. The number of piperidine rings is 1. The van der Waals surface area contributed by atoms with Gasteiger partial charge in [0.25, 0.3) is 0 Å². The van der Waals surface area contributed by atoms with Gasteiger partial charge in [-0.2, -0.15) is 5.26 Å². The second-order valence-corrected chi connectivity index (χ2v) is 8.30. The molecule has 1 fully saturated rings. The molecule has 4 heterocycles. The highest BCUT2D eigenvalue weighted by Gasteiger charge is 2.23. The van der Waals surface area contributed by atoms with E-state index in [1.54, 1.807) is 0 Å². The molecule has 0 atom stereocenters. The molecular formula is C25H27N5. The van der Waals surface area contributed by atoms with Crippen molar-refractivity contribution in [2.45, 2.75) is 45.7 Å². The molecule has 5 heteroatoms. The average molecular weight is 398 g/mol. The van der Waals surface area contributed by atoms with Crippen LogP contribution in [0.1, 0.15) is 49.4 Å². The Kier molecular flexibility index (Phi) is 5.02. The number of aromatic amines is 1. The molecule has 30 heavy (non-hydrogen) atoms. The molecule has 0 spiro atoms. The van der Waals surface area contributed by atoms with Crippen molar-refractivity contribution in [1.82, 2.24) is 20.2 Å². The molecule has 0 saturated carbocycles. The number of rotatable bonds is 4. The van der Waals surface area contributed by atoms with Crippen molar-refractivity contribution in [2.24, 2.45) is 0 Å². The van der Waals surface area contributed by atoms with Gasteiger partial charge in [-0.3, -0.25) is 4.90 Å². The van der Waals surface area contributed by atoms with E-state index in [2.05, 4.69) is 58.5 Å². The molecule has 0 amide bonds. The predicted molar refractivity (Wildman–Crippen MR) is 120 cm³/mol. The van der Waals surface area contributed by atoms with Gasteiger partial charge in [-0.05, 0) is 55.1 Å². The topological polar surface area (TPSA) is 67.7 Å². The van der Waals surface area contributed by atoms with Crippen molar-refractivity contribution >= 4 is 16.6 Å². The zero-order chi connectivity index (χ0) is 20.5. The highest BCUT2D eigenvalue weighted by molar-refractivity contribution is 5.96. The minimum absolute atomic E-state index is 0.638. The highest BCUT2D eigenvalue weighted by atomic mass is 15.1. The van der Waals surface area contributed by atoms with Gasteiger partial charge in [0.1, 0.15) is 17.4 Å². The van der Waals surface area contributed by atoms with Crippen molar-refractivity contribution in [1.29, 1.82) is 5.26 Å². The minimum atomic E-state index is 0.638. The molecule has 0 aliphatic carbocycles. The monoisotopic (exact) mass is 397 g/mol. The summed E-state index contributed by atoms with van der Waals surface area (Å²) >= 11 is 0. The van der Waals surface area contributed by atoms with Gasteiger partial charge in [-0.1, -0.05) is 37.6 Å². The van der Waals surface area contributed by atoms with Gasteiger partial charge in [0, 0.05) is 34.9 Å². The lowest BCUT2D eigenvalue weighted by atomic mass is 9.94. The van der Waals surface area contributed by atoms with Gasteiger partial charge in [-0.25, -0.2) is 4.98 Å². The van der Waals surface area contributed by atoms with Crippen LogP contribution in [0.15, 0.2) is 42.2 Å². The maximum Gasteiger partial charge on any atom is 0.138 e. The number of H-pyrrole nitrogens is 1. The molecule has 2 aliphatic rings. The number of nitriles is 1. The lowest BCUT2D eigenvalue weighted by Gasteiger charge is -2.26. The third kappa shape index (κ3) is 3.38. The van der Waals surface area contributed by atoms with Crippen LogP contribution in [-0.2, 0) is 13.1 Å². The average Bonchev–Trinajstić information content (AvgIpc) is 3.17. The fourth-order valence-corrected chi connectivity index (χ4v) is 4.81.